The van der Waals surface area contributed by atoms with Crippen LogP contribution < -0.4 is 15.8 Å². The van der Waals surface area contributed by atoms with E-state index in [4.69, 9.17) is 10.5 Å². The molecule has 6 heteroatoms. The molecule has 2 rings (SSSR count). The number of anilines is 1. The van der Waals surface area contributed by atoms with E-state index in [1.807, 2.05) is 32.0 Å². The van der Waals surface area contributed by atoms with Gasteiger partial charge in [-0.3, -0.25) is 4.79 Å². The molecule has 0 unspecified atom stereocenters. The average molecular weight is 293 g/mol. The molecule has 5 nitrogen and oxygen atoms in total. The summed E-state index contributed by atoms with van der Waals surface area (Å²) < 4.78 is 6.15. The number of nitrogens with one attached hydrogen (secondary N) is 1. The van der Waals surface area contributed by atoms with Crippen LogP contribution in [0.5, 0.6) is 5.75 Å². The number of rotatable bonds is 5. The number of hydrogen-bond donors (Lipinski definition) is 2. The summed E-state index contributed by atoms with van der Waals surface area (Å²) in [4.78, 5) is 16.2. The number of carbonyl (C=O) groups excluding carboxylic acids is 1. The van der Waals surface area contributed by atoms with Crippen molar-refractivity contribution >= 4 is 32.6 Å². The van der Waals surface area contributed by atoms with Crippen LogP contribution in [0, 0.1) is 0 Å². The van der Waals surface area contributed by atoms with Crippen LogP contribution in [0.1, 0.15) is 26.7 Å². The van der Waals surface area contributed by atoms with Gasteiger partial charge in [-0.1, -0.05) is 11.3 Å². The average Bonchev–Trinajstić information content (AvgIpc) is 2.76. The van der Waals surface area contributed by atoms with Crippen molar-refractivity contribution in [2.45, 2.75) is 32.2 Å². The van der Waals surface area contributed by atoms with E-state index in [2.05, 4.69) is 10.3 Å². The monoisotopic (exact) mass is 293 g/mol. The second-order valence-corrected chi connectivity index (χ2v) is 6.42. The van der Waals surface area contributed by atoms with E-state index in [1.54, 1.807) is 7.11 Å². The third kappa shape index (κ3) is 3.91. The Morgan fingerprint density at radius 3 is 2.90 bits per heavy atom. The minimum absolute atomic E-state index is 0.0606. The van der Waals surface area contributed by atoms with Crippen LogP contribution >= 0.6 is 11.3 Å². The number of nitrogens with zero attached hydrogens (tertiary/aromatic N) is 1. The fourth-order valence-electron chi connectivity index (χ4n) is 1.70. The first-order valence-electron chi connectivity index (χ1n) is 6.41. The first-order valence-corrected chi connectivity index (χ1v) is 7.22. The Bertz CT molecular complexity index is 616. The van der Waals surface area contributed by atoms with Crippen molar-refractivity contribution in [3.63, 3.8) is 0 Å². The molecule has 20 heavy (non-hydrogen) atoms. The quantitative estimate of drug-likeness (QED) is 0.888. The van der Waals surface area contributed by atoms with Gasteiger partial charge in [0.15, 0.2) is 5.13 Å². The van der Waals surface area contributed by atoms with E-state index in [-0.39, 0.29) is 11.4 Å². The van der Waals surface area contributed by atoms with E-state index in [1.165, 1.54) is 11.3 Å². The molecule has 0 saturated heterocycles. The molecule has 3 N–H and O–H groups in total. The molecule has 0 aliphatic heterocycles. The standard InChI is InChI=1S/C14H19N3O2S/c1-14(2,15)7-6-12(18)17-13-16-10-5-4-9(19-3)8-11(10)20-13/h4-5,8H,6-7,15H2,1-3H3,(H,16,17,18). The number of fused-ring (bicyclic) bond motifs is 1. The lowest BCUT2D eigenvalue weighted by atomic mass is 10.00. The molecular formula is C14H19N3O2S. The van der Waals surface area contributed by atoms with Crippen molar-refractivity contribution < 1.29 is 9.53 Å². The SMILES string of the molecule is COc1ccc2nc(NC(=O)CCC(C)(C)N)sc2c1. The van der Waals surface area contributed by atoms with Crippen molar-refractivity contribution in [1.29, 1.82) is 0 Å². The van der Waals surface area contributed by atoms with Crippen molar-refractivity contribution in [3.05, 3.63) is 18.2 Å². The van der Waals surface area contributed by atoms with Gasteiger partial charge in [0, 0.05) is 12.0 Å². The van der Waals surface area contributed by atoms with E-state index >= 15 is 0 Å². The third-order valence-electron chi connectivity index (χ3n) is 2.84. The molecule has 2 aromatic rings. The van der Waals surface area contributed by atoms with Gasteiger partial charge >= 0.3 is 0 Å². The third-order valence-corrected chi connectivity index (χ3v) is 3.77. The fraction of sp³-hybridized carbons (Fsp3) is 0.429. The number of hydrogen-bond acceptors (Lipinski definition) is 5. The summed E-state index contributed by atoms with van der Waals surface area (Å²) in [6.45, 7) is 3.81. The van der Waals surface area contributed by atoms with Crippen LogP contribution in [-0.4, -0.2) is 23.5 Å². The van der Waals surface area contributed by atoms with Crippen molar-refractivity contribution in [2.75, 3.05) is 12.4 Å². The molecule has 1 aromatic carbocycles. The molecule has 0 spiro atoms. The number of benzene rings is 1. The summed E-state index contributed by atoms with van der Waals surface area (Å²) in [6.07, 6.45) is 1.03. The van der Waals surface area contributed by atoms with Crippen LogP contribution in [0.4, 0.5) is 5.13 Å². The second kappa shape index (κ2) is 5.76. The predicted octanol–water partition coefficient (Wildman–Crippen LogP) is 2.76. The van der Waals surface area contributed by atoms with Gasteiger partial charge < -0.3 is 15.8 Å². The lowest BCUT2D eigenvalue weighted by molar-refractivity contribution is -0.116. The number of ether oxygens (including phenoxy) is 1. The number of carbonyl (C=O) groups is 1. The van der Waals surface area contributed by atoms with Gasteiger partial charge in [0.2, 0.25) is 5.91 Å². The predicted molar refractivity (Wildman–Crippen MR) is 82.3 cm³/mol. The maximum absolute atomic E-state index is 11.8. The van der Waals surface area contributed by atoms with E-state index < -0.39 is 0 Å². The van der Waals surface area contributed by atoms with Gasteiger partial charge in [-0.15, -0.1) is 0 Å². The maximum Gasteiger partial charge on any atom is 0.226 e. The molecule has 0 atom stereocenters. The first kappa shape index (κ1) is 14.7. The second-order valence-electron chi connectivity index (χ2n) is 5.39. The number of amides is 1. The summed E-state index contributed by atoms with van der Waals surface area (Å²) >= 11 is 1.43. The Labute approximate surface area is 122 Å². The lowest BCUT2D eigenvalue weighted by Gasteiger charge is -2.17. The highest BCUT2D eigenvalue weighted by Crippen LogP contribution is 2.29. The summed E-state index contributed by atoms with van der Waals surface area (Å²) in [7, 11) is 1.62. The fourth-order valence-corrected chi connectivity index (χ4v) is 2.61. The van der Waals surface area contributed by atoms with Crippen molar-refractivity contribution in [2.24, 2.45) is 5.73 Å². The Balaban J connectivity index is 2.04. The van der Waals surface area contributed by atoms with Crippen molar-refractivity contribution in [3.8, 4) is 5.75 Å². The molecule has 0 aliphatic carbocycles. The Morgan fingerprint density at radius 1 is 1.50 bits per heavy atom. The molecule has 1 amide bonds. The molecule has 0 radical (unpaired) electrons. The molecular weight excluding hydrogens is 274 g/mol. The zero-order valence-electron chi connectivity index (χ0n) is 11.9. The van der Waals surface area contributed by atoms with E-state index in [9.17, 15) is 4.79 Å². The number of aromatic nitrogens is 1. The number of thiazole rings is 1. The van der Waals surface area contributed by atoms with Crippen LogP contribution in [0.2, 0.25) is 0 Å². The molecule has 1 heterocycles. The highest BCUT2D eigenvalue weighted by atomic mass is 32.1. The van der Waals surface area contributed by atoms with Gasteiger partial charge in [0.25, 0.3) is 0 Å². The number of nitrogens with two attached hydrogens (primary N) is 1. The highest BCUT2D eigenvalue weighted by molar-refractivity contribution is 7.22. The molecule has 1 aromatic heterocycles. The first-order chi connectivity index (χ1) is 9.37. The van der Waals surface area contributed by atoms with E-state index in [0.717, 1.165) is 16.0 Å². The molecule has 0 bridgehead atoms. The van der Waals surface area contributed by atoms with Crippen LogP contribution in [0.25, 0.3) is 10.2 Å². The van der Waals surface area contributed by atoms with Gasteiger partial charge in [-0.25, -0.2) is 4.98 Å². The van der Waals surface area contributed by atoms with Crippen LogP contribution in [0.15, 0.2) is 18.2 Å². The Hall–Kier alpha value is -1.66. The maximum atomic E-state index is 11.8. The summed E-state index contributed by atoms with van der Waals surface area (Å²) in [6, 6.07) is 5.64. The zero-order valence-corrected chi connectivity index (χ0v) is 12.7. The normalized spacial score (nSPS) is 11.6. The molecule has 0 fully saturated rings. The van der Waals surface area contributed by atoms with Gasteiger partial charge in [-0.05, 0) is 38.5 Å². The van der Waals surface area contributed by atoms with Gasteiger partial charge in [0.1, 0.15) is 5.75 Å². The van der Waals surface area contributed by atoms with E-state index in [0.29, 0.717) is 18.0 Å². The Kier molecular flexibility index (Phi) is 4.25. The largest absolute Gasteiger partial charge is 0.497 e. The summed E-state index contributed by atoms with van der Waals surface area (Å²) in [5, 5.41) is 3.42. The topological polar surface area (TPSA) is 77.2 Å². The molecule has 0 saturated carbocycles. The smallest absolute Gasteiger partial charge is 0.226 e. The Morgan fingerprint density at radius 2 is 2.25 bits per heavy atom. The molecule has 108 valence electrons. The lowest BCUT2D eigenvalue weighted by Crippen LogP contribution is -2.33. The molecule has 0 aliphatic rings. The summed E-state index contributed by atoms with van der Waals surface area (Å²) in [5.41, 5.74) is 6.38. The minimum atomic E-state index is -0.335. The zero-order chi connectivity index (χ0) is 14.8. The highest BCUT2D eigenvalue weighted by Gasteiger charge is 2.14. The summed E-state index contributed by atoms with van der Waals surface area (Å²) in [5.74, 6) is 0.721. The minimum Gasteiger partial charge on any atom is -0.497 e. The number of methoxy groups -OCH3 is 1. The van der Waals surface area contributed by atoms with Crippen LogP contribution in [0.3, 0.4) is 0 Å². The van der Waals surface area contributed by atoms with Crippen LogP contribution in [-0.2, 0) is 4.79 Å². The van der Waals surface area contributed by atoms with Gasteiger partial charge in [0.05, 0.1) is 17.3 Å². The van der Waals surface area contributed by atoms with Gasteiger partial charge in [-0.2, -0.15) is 0 Å². The van der Waals surface area contributed by atoms with Crippen molar-refractivity contribution in [1.82, 2.24) is 4.98 Å².